The summed E-state index contributed by atoms with van der Waals surface area (Å²) < 4.78 is 30.6. The molecule has 0 saturated carbocycles. The van der Waals surface area contributed by atoms with Gasteiger partial charge in [-0.1, -0.05) is 34.8 Å². The Morgan fingerprint density at radius 1 is 0.586 bits per heavy atom. The van der Waals surface area contributed by atoms with Gasteiger partial charge < -0.3 is 13.6 Å². The molecule has 0 amide bonds. The summed E-state index contributed by atoms with van der Waals surface area (Å²) in [4.78, 5) is 0. The van der Waals surface area contributed by atoms with Gasteiger partial charge in [0.05, 0.1) is 0 Å². The molecule has 8 heteroatoms. The summed E-state index contributed by atoms with van der Waals surface area (Å²) in [6, 6.07) is 14.7. The van der Waals surface area contributed by atoms with Gasteiger partial charge in [0.15, 0.2) is 0 Å². The zero-order valence-corrected chi connectivity index (χ0v) is 19.1. The fourth-order valence-corrected chi connectivity index (χ4v) is 4.04. The minimum absolute atomic E-state index is 0.298. The van der Waals surface area contributed by atoms with Crippen molar-refractivity contribution >= 4 is 42.6 Å². The van der Waals surface area contributed by atoms with Crippen molar-refractivity contribution in [2.45, 2.75) is 20.8 Å². The Labute approximate surface area is 184 Å². The molecule has 0 aromatic heterocycles. The monoisotopic (exact) mass is 470 g/mol. The average molecular weight is 472 g/mol. The van der Waals surface area contributed by atoms with E-state index in [0.717, 1.165) is 16.7 Å². The molecule has 0 aliphatic rings. The van der Waals surface area contributed by atoms with Gasteiger partial charge in [0, 0.05) is 15.1 Å². The molecule has 3 rings (SSSR count). The van der Waals surface area contributed by atoms with Gasteiger partial charge in [-0.15, -0.1) is 0 Å². The summed E-state index contributed by atoms with van der Waals surface area (Å²) in [5.74, 6) is 0.893. The van der Waals surface area contributed by atoms with E-state index in [-0.39, 0.29) is 0 Å². The van der Waals surface area contributed by atoms with Gasteiger partial charge in [0.1, 0.15) is 17.2 Å². The Balaban J connectivity index is 1.96. The number of hydrogen-bond acceptors (Lipinski definition) is 4. The van der Waals surface area contributed by atoms with Crippen LogP contribution in [0.2, 0.25) is 15.1 Å². The van der Waals surface area contributed by atoms with E-state index in [2.05, 4.69) is 0 Å². The first kappa shape index (κ1) is 21.9. The molecule has 0 N–H and O–H groups in total. The molecule has 0 radical (unpaired) electrons. The Morgan fingerprint density at radius 2 is 0.862 bits per heavy atom. The van der Waals surface area contributed by atoms with E-state index in [1.807, 2.05) is 20.8 Å². The molecule has 0 saturated heterocycles. The first-order valence-electron chi connectivity index (χ1n) is 8.62. The smallest absolute Gasteiger partial charge is 0.386 e. The van der Waals surface area contributed by atoms with Crippen LogP contribution in [-0.2, 0) is 4.57 Å². The van der Waals surface area contributed by atoms with Gasteiger partial charge in [0.2, 0.25) is 0 Å². The van der Waals surface area contributed by atoms with Crippen molar-refractivity contribution in [1.29, 1.82) is 0 Å². The molecule has 0 fully saturated rings. The number of benzene rings is 3. The van der Waals surface area contributed by atoms with Crippen LogP contribution in [0, 0.1) is 20.8 Å². The molecule has 0 aliphatic heterocycles. The van der Waals surface area contributed by atoms with Crippen LogP contribution in [0.3, 0.4) is 0 Å². The van der Waals surface area contributed by atoms with Crippen LogP contribution in [0.5, 0.6) is 17.2 Å². The second-order valence-electron chi connectivity index (χ2n) is 6.45. The minimum atomic E-state index is -4.12. The van der Waals surface area contributed by atoms with Gasteiger partial charge in [-0.2, -0.15) is 4.57 Å². The third-order valence-corrected chi connectivity index (χ3v) is 6.62. The van der Waals surface area contributed by atoms with Gasteiger partial charge >= 0.3 is 7.82 Å². The lowest BCUT2D eigenvalue weighted by Crippen LogP contribution is -2.08. The number of aryl methyl sites for hydroxylation is 3. The van der Waals surface area contributed by atoms with Crippen molar-refractivity contribution in [3.63, 3.8) is 0 Å². The van der Waals surface area contributed by atoms with Gasteiger partial charge in [-0.25, -0.2) is 0 Å². The molecule has 0 aliphatic carbocycles. The zero-order valence-electron chi connectivity index (χ0n) is 15.9. The number of rotatable bonds is 6. The SMILES string of the molecule is Cc1cc(OP(=O)(Oc2ccc(Cl)c(C)c2)Oc2ccc(Cl)c(C)c2)ccc1Cl. The van der Waals surface area contributed by atoms with Crippen LogP contribution < -0.4 is 13.6 Å². The topological polar surface area (TPSA) is 44.8 Å². The molecule has 3 aromatic carbocycles. The van der Waals surface area contributed by atoms with Crippen LogP contribution >= 0.6 is 42.6 Å². The number of halogens is 3. The maximum atomic E-state index is 13.5. The lowest BCUT2D eigenvalue weighted by molar-refractivity contribution is 0.298. The predicted molar refractivity (Wildman–Crippen MR) is 118 cm³/mol. The Bertz CT molecular complexity index is 965. The maximum absolute atomic E-state index is 13.5. The van der Waals surface area contributed by atoms with E-state index in [1.165, 1.54) is 0 Å². The lowest BCUT2D eigenvalue weighted by Gasteiger charge is -2.20. The Morgan fingerprint density at radius 3 is 1.10 bits per heavy atom. The highest BCUT2D eigenvalue weighted by atomic mass is 35.5. The van der Waals surface area contributed by atoms with E-state index in [1.54, 1.807) is 54.6 Å². The fourth-order valence-electron chi connectivity index (χ4n) is 2.47. The summed E-state index contributed by atoms with van der Waals surface area (Å²) in [5, 5.41) is 1.70. The van der Waals surface area contributed by atoms with Crippen molar-refractivity contribution < 1.29 is 18.1 Å². The molecule has 0 heterocycles. The molecule has 29 heavy (non-hydrogen) atoms. The van der Waals surface area contributed by atoms with Crippen molar-refractivity contribution in [3.05, 3.63) is 86.4 Å². The molecule has 0 bridgehead atoms. The maximum Gasteiger partial charge on any atom is 0.647 e. The molecule has 0 unspecified atom stereocenters. The van der Waals surface area contributed by atoms with Crippen molar-refractivity contribution in [2.75, 3.05) is 0 Å². The van der Waals surface area contributed by atoms with E-state index in [9.17, 15) is 4.57 Å². The van der Waals surface area contributed by atoms with Gasteiger partial charge in [-0.3, -0.25) is 0 Å². The zero-order chi connectivity index (χ0) is 21.2. The van der Waals surface area contributed by atoms with Gasteiger partial charge in [0.25, 0.3) is 0 Å². The van der Waals surface area contributed by atoms with Crippen LogP contribution in [0.1, 0.15) is 16.7 Å². The molecule has 0 spiro atoms. The number of phosphoric acid groups is 1. The third kappa shape index (κ3) is 5.61. The normalized spacial score (nSPS) is 11.2. The summed E-state index contributed by atoms with van der Waals surface area (Å²) in [5.41, 5.74) is 2.29. The lowest BCUT2D eigenvalue weighted by atomic mass is 10.2. The van der Waals surface area contributed by atoms with E-state index in [0.29, 0.717) is 32.3 Å². The summed E-state index contributed by atoms with van der Waals surface area (Å²) >= 11 is 18.2. The van der Waals surface area contributed by atoms with Crippen molar-refractivity contribution in [3.8, 4) is 17.2 Å². The number of phosphoric ester groups is 1. The highest BCUT2D eigenvalue weighted by Crippen LogP contribution is 2.50. The second-order valence-corrected chi connectivity index (χ2v) is 9.12. The highest BCUT2D eigenvalue weighted by molar-refractivity contribution is 7.49. The Hall–Kier alpha value is -1.84. The Kier molecular flexibility index (Phi) is 6.70. The van der Waals surface area contributed by atoms with E-state index in [4.69, 9.17) is 48.4 Å². The van der Waals surface area contributed by atoms with Crippen LogP contribution in [0.25, 0.3) is 0 Å². The van der Waals surface area contributed by atoms with E-state index >= 15 is 0 Å². The highest BCUT2D eigenvalue weighted by Gasteiger charge is 2.33. The summed E-state index contributed by atoms with van der Waals surface area (Å²) in [6.07, 6.45) is 0. The van der Waals surface area contributed by atoms with Crippen molar-refractivity contribution in [1.82, 2.24) is 0 Å². The van der Waals surface area contributed by atoms with Crippen LogP contribution in [-0.4, -0.2) is 0 Å². The summed E-state index contributed by atoms with van der Waals surface area (Å²) in [6.45, 7) is 5.44. The molecular weight excluding hydrogens is 454 g/mol. The molecule has 0 atom stereocenters. The first-order chi connectivity index (χ1) is 13.6. The second kappa shape index (κ2) is 8.89. The van der Waals surface area contributed by atoms with Gasteiger partial charge in [-0.05, 0) is 92.1 Å². The predicted octanol–water partition coefficient (Wildman–Crippen LogP) is 8.22. The largest absolute Gasteiger partial charge is 0.647 e. The first-order valence-corrected chi connectivity index (χ1v) is 11.2. The van der Waals surface area contributed by atoms with Crippen LogP contribution in [0.4, 0.5) is 0 Å². The molecule has 3 aromatic rings. The van der Waals surface area contributed by atoms with Crippen LogP contribution in [0.15, 0.2) is 54.6 Å². The average Bonchev–Trinajstić information content (AvgIpc) is 2.64. The fraction of sp³-hybridized carbons (Fsp3) is 0.143. The van der Waals surface area contributed by atoms with Crippen molar-refractivity contribution in [2.24, 2.45) is 0 Å². The summed E-state index contributed by atoms with van der Waals surface area (Å²) in [7, 11) is -4.12. The molecular formula is C21H18Cl3O4P. The third-order valence-electron chi connectivity index (χ3n) is 4.04. The molecule has 4 nitrogen and oxygen atoms in total. The standard InChI is InChI=1S/C21H18Cl3O4P/c1-13-10-16(4-7-19(13)22)26-29(25,27-17-5-8-20(23)14(2)11-17)28-18-6-9-21(24)15(3)12-18/h4-12H,1-3H3. The molecule has 152 valence electrons. The number of hydrogen-bond donors (Lipinski definition) is 0. The quantitative estimate of drug-likeness (QED) is 0.340. The minimum Gasteiger partial charge on any atom is -0.386 e. The van der Waals surface area contributed by atoms with E-state index < -0.39 is 7.82 Å².